The minimum Gasteiger partial charge on any atom is -0.0651 e. The average molecular weight is 319 g/mol. The van der Waals surface area contributed by atoms with Crippen LogP contribution in [0.5, 0.6) is 0 Å². The molecule has 10 saturated carbocycles. The predicted molar refractivity (Wildman–Crippen MR) is 91.0 cm³/mol. The highest BCUT2D eigenvalue weighted by atomic mass is 15.2. The van der Waals surface area contributed by atoms with Gasteiger partial charge in [-0.15, -0.1) is 0 Å². The van der Waals surface area contributed by atoms with Gasteiger partial charge in [-0.1, -0.05) is 20.3 Å². The van der Waals surface area contributed by atoms with Crippen LogP contribution in [0.15, 0.2) is 0 Å². The predicted octanol–water partition coefficient (Wildman–Crippen LogP) is 5.56. The van der Waals surface area contributed by atoms with Crippen LogP contribution in [0.1, 0.15) is 84.5 Å². The van der Waals surface area contributed by atoms with Gasteiger partial charge in [-0.3, -0.25) is 0 Å². The van der Waals surface area contributed by atoms with Crippen LogP contribution in [-0.2, 0) is 0 Å². The zero-order valence-electron chi connectivity index (χ0n) is 15.4. The maximum Gasteiger partial charge on any atom is -0.0161 e. The van der Waals surface area contributed by atoms with E-state index in [0.29, 0.717) is 0 Å². The summed E-state index contributed by atoms with van der Waals surface area (Å²) in [5.74, 6) is 2.28. The maximum atomic E-state index is 2.56. The van der Waals surface area contributed by atoms with Crippen molar-refractivity contribution in [2.24, 2.45) is 60.6 Å². The van der Waals surface area contributed by atoms with Crippen molar-refractivity contribution >= 4 is 0 Å². The highest BCUT2D eigenvalue weighted by molar-refractivity contribution is 5.64. The van der Waals surface area contributed by atoms with Crippen LogP contribution in [0.4, 0.5) is 0 Å². The number of hydrogen-bond acceptors (Lipinski definition) is 0. The molecule has 0 heteroatoms. The van der Waals surface area contributed by atoms with Crippen LogP contribution < -0.4 is 0 Å². The van der Waals surface area contributed by atoms with E-state index in [0.717, 1.165) is 54.7 Å². The van der Waals surface area contributed by atoms with Crippen molar-refractivity contribution in [1.29, 1.82) is 0 Å². The molecular formula is C24H30. The summed E-state index contributed by atoms with van der Waals surface area (Å²) in [6.45, 7) is 5.02. The Balaban J connectivity index is 0.989. The van der Waals surface area contributed by atoms with Gasteiger partial charge in [-0.25, -0.2) is 0 Å². The summed E-state index contributed by atoms with van der Waals surface area (Å²) >= 11 is 0. The molecule has 0 saturated heterocycles. The van der Waals surface area contributed by atoms with Gasteiger partial charge in [-0.05, 0) is 125 Å². The number of hydrogen-bond donors (Lipinski definition) is 0. The monoisotopic (exact) mass is 318 g/mol. The molecule has 0 amide bonds. The highest BCUT2D eigenvalue weighted by Gasteiger charge is 3.16. The summed E-state index contributed by atoms with van der Waals surface area (Å²) in [6.07, 6.45) is 18.5. The molecule has 10 aliphatic carbocycles. The van der Waals surface area contributed by atoms with Crippen molar-refractivity contribution in [2.45, 2.75) is 84.5 Å². The molecule has 0 heterocycles. The third-order valence-electron chi connectivity index (χ3n) is 14.4. The Morgan fingerprint density at radius 2 is 1.00 bits per heavy atom. The van der Waals surface area contributed by atoms with Crippen molar-refractivity contribution < 1.29 is 0 Å². The highest BCUT2D eigenvalue weighted by Crippen LogP contribution is 3.23. The van der Waals surface area contributed by atoms with E-state index < -0.39 is 0 Å². The van der Waals surface area contributed by atoms with Crippen LogP contribution >= 0.6 is 0 Å². The fraction of sp³-hybridized carbons (Fsp3) is 1.00. The summed E-state index contributed by atoms with van der Waals surface area (Å²) in [4.78, 5) is 0. The van der Waals surface area contributed by atoms with Crippen molar-refractivity contribution in [2.75, 3.05) is 0 Å². The molecule has 0 N–H and O–H groups in total. The first-order valence-electron chi connectivity index (χ1n) is 11.5. The standard InChI is InChI=1S/C24H30/c1-3-15-5-17(15)7-19(17)9-21(19)11-23(21)13-24(23)12-22(24)10-20(22)8-18(20)6-16(18)4-14(16)2/h14-15H,3-13H2,1-2H3. The van der Waals surface area contributed by atoms with Crippen LogP contribution in [0, 0.1) is 60.6 Å². The molecule has 24 heavy (non-hydrogen) atoms. The van der Waals surface area contributed by atoms with Gasteiger partial charge in [0.2, 0.25) is 0 Å². The average Bonchev–Trinajstić information content (AvgIpc) is 3.27. The zero-order chi connectivity index (χ0) is 15.4. The van der Waals surface area contributed by atoms with Gasteiger partial charge in [0, 0.05) is 0 Å². The summed E-state index contributed by atoms with van der Waals surface area (Å²) in [5.41, 5.74) is 8.64. The minimum atomic E-state index is 0.938. The molecule has 0 aromatic heterocycles. The number of fused-ring (bicyclic) bond motifs is 8. The van der Waals surface area contributed by atoms with Gasteiger partial charge in [0.15, 0.2) is 0 Å². The van der Waals surface area contributed by atoms with E-state index in [4.69, 9.17) is 0 Å². The van der Waals surface area contributed by atoms with E-state index in [-0.39, 0.29) is 0 Å². The lowest BCUT2D eigenvalue weighted by Crippen LogP contribution is -1.97. The third-order valence-corrected chi connectivity index (χ3v) is 14.4. The second kappa shape index (κ2) is 2.21. The second-order valence-corrected chi connectivity index (χ2v) is 13.7. The first-order valence-corrected chi connectivity index (χ1v) is 11.5. The zero-order valence-corrected chi connectivity index (χ0v) is 15.4. The second-order valence-electron chi connectivity index (χ2n) is 13.7. The molecular weight excluding hydrogens is 288 g/mol. The fourth-order valence-electron chi connectivity index (χ4n) is 13.0. The van der Waals surface area contributed by atoms with E-state index in [1.807, 2.05) is 0 Å². The molecule has 10 fully saturated rings. The molecule has 9 spiro atoms. The number of rotatable bonds is 1. The van der Waals surface area contributed by atoms with E-state index in [1.165, 1.54) is 12.3 Å². The largest absolute Gasteiger partial charge is 0.0651 e. The molecule has 0 radical (unpaired) electrons. The van der Waals surface area contributed by atoms with Gasteiger partial charge in [0.25, 0.3) is 0 Å². The van der Waals surface area contributed by atoms with Crippen molar-refractivity contribution in [3.63, 3.8) is 0 Å². The summed E-state index contributed by atoms with van der Waals surface area (Å²) in [7, 11) is 0. The summed E-state index contributed by atoms with van der Waals surface area (Å²) in [6, 6.07) is 0. The Morgan fingerprint density at radius 1 is 0.583 bits per heavy atom. The molecule has 0 nitrogen and oxygen atoms in total. The van der Waals surface area contributed by atoms with E-state index >= 15 is 0 Å². The van der Waals surface area contributed by atoms with Gasteiger partial charge in [0.1, 0.15) is 0 Å². The molecule has 10 aliphatic rings. The molecule has 0 bridgehead atoms. The smallest absolute Gasteiger partial charge is 0.0161 e. The summed E-state index contributed by atoms with van der Waals surface area (Å²) < 4.78 is 0. The topological polar surface area (TPSA) is 0 Å². The van der Waals surface area contributed by atoms with Crippen molar-refractivity contribution in [3.05, 3.63) is 0 Å². The van der Waals surface area contributed by atoms with E-state index in [2.05, 4.69) is 13.8 Å². The quantitative estimate of drug-likeness (QED) is 0.593. The van der Waals surface area contributed by atoms with Crippen LogP contribution in [0.2, 0.25) is 0 Å². The first kappa shape index (κ1) is 11.7. The molecule has 11 atom stereocenters. The molecule has 0 aromatic carbocycles. The molecule has 126 valence electrons. The lowest BCUT2D eigenvalue weighted by atomic mass is 10.0. The van der Waals surface area contributed by atoms with Gasteiger partial charge in [0.05, 0.1) is 0 Å². The van der Waals surface area contributed by atoms with Crippen LogP contribution in [0.3, 0.4) is 0 Å². The van der Waals surface area contributed by atoms with Gasteiger partial charge in [-0.2, -0.15) is 0 Å². The molecule has 11 unspecified atom stereocenters. The van der Waals surface area contributed by atoms with Gasteiger partial charge < -0.3 is 0 Å². The van der Waals surface area contributed by atoms with Crippen molar-refractivity contribution in [3.8, 4) is 0 Å². The molecule has 0 aliphatic heterocycles. The lowest BCUT2D eigenvalue weighted by Gasteiger charge is -1.99. The molecule has 0 aromatic rings. The maximum absolute atomic E-state index is 2.56. The SMILES string of the molecule is CCC1CC12CC21CC12CC21CC12CC21CC12CC21CC12CC2C. The molecule has 10 rings (SSSR count). The normalized spacial score (nSPS) is 91.8. The van der Waals surface area contributed by atoms with Gasteiger partial charge >= 0.3 is 0 Å². The minimum absolute atomic E-state index is 0.938. The van der Waals surface area contributed by atoms with Crippen molar-refractivity contribution in [1.82, 2.24) is 0 Å². The lowest BCUT2D eigenvalue weighted by molar-refractivity contribution is 0.466. The third kappa shape index (κ3) is 0.631. The Labute approximate surface area is 145 Å². The van der Waals surface area contributed by atoms with E-state index in [1.54, 1.807) is 64.2 Å². The van der Waals surface area contributed by atoms with Crippen LogP contribution in [0.25, 0.3) is 0 Å². The van der Waals surface area contributed by atoms with E-state index in [9.17, 15) is 0 Å². The Morgan fingerprint density at radius 3 is 1.42 bits per heavy atom. The first-order chi connectivity index (χ1) is 11.5. The summed E-state index contributed by atoms with van der Waals surface area (Å²) in [5, 5.41) is 0. The Hall–Kier alpha value is 0. The Bertz CT molecular complexity index is 873. The van der Waals surface area contributed by atoms with Crippen LogP contribution in [-0.4, -0.2) is 0 Å². The Kier molecular flexibility index (Phi) is 1.07. The fourth-order valence-corrected chi connectivity index (χ4v) is 13.0.